The number of hydrogen-bond acceptors (Lipinski definition) is 6. The van der Waals surface area contributed by atoms with E-state index in [0.29, 0.717) is 0 Å². The average molecular weight is 434 g/mol. The van der Waals surface area contributed by atoms with Gasteiger partial charge in [0.15, 0.2) is 5.72 Å². The molecule has 2 heterocycles. The minimum Gasteiger partial charge on any atom is -0.394 e. The third kappa shape index (κ3) is 2.96. The van der Waals surface area contributed by atoms with E-state index in [1.54, 1.807) is 11.9 Å². The number of nitrogens with zero attached hydrogens (tertiary/aromatic N) is 3. The zero-order valence-corrected chi connectivity index (χ0v) is 17.8. The maximum Gasteiger partial charge on any atom is 0.354 e. The predicted molar refractivity (Wildman–Crippen MR) is 114 cm³/mol. The molecule has 1 saturated heterocycles. The van der Waals surface area contributed by atoms with E-state index in [2.05, 4.69) is 20.8 Å². The lowest BCUT2D eigenvalue weighted by atomic mass is 9.99. The molecular formula is C20H27N5O4S. The van der Waals surface area contributed by atoms with E-state index < -0.39 is 26.9 Å². The average Bonchev–Trinajstić information content (AvgIpc) is 3.43. The van der Waals surface area contributed by atoms with Crippen LogP contribution in [0.15, 0.2) is 15.5 Å². The summed E-state index contributed by atoms with van der Waals surface area (Å²) in [6.07, 6.45) is 7.45. The lowest BCUT2D eigenvalue weighted by Crippen LogP contribution is -2.52. The third-order valence-corrected chi connectivity index (χ3v) is 8.47. The van der Waals surface area contributed by atoms with Crippen LogP contribution in [-0.4, -0.2) is 56.8 Å². The Morgan fingerprint density at radius 1 is 1.37 bits per heavy atom. The van der Waals surface area contributed by atoms with Crippen molar-refractivity contribution in [3.05, 3.63) is 28.3 Å². The molecule has 3 unspecified atom stereocenters. The maximum atomic E-state index is 13.3. The fraction of sp³-hybridized carbons (Fsp3) is 0.600. The highest BCUT2D eigenvalue weighted by Gasteiger charge is 2.55. The summed E-state index contributed by atoms with van der Waals surface area (Å²) >= 11 is 0. The van der Waals surface area contributed by atoms with Crippen LogP contribution in [0.5, 0.6) is 0 Å². The number of fused-ring (bicyclic) bond motifs is 3. The van der Waals surface area contributed by atoms with E-state index in [-0.39, 0.29) is 19.3 Å². The number of rotatable bonds is 3. The van der Waals surface area contributed by atoms with Crippen LogP contribution in [0.3, 0.4) is 0 Å². The van der Waals surface area contributed by atoms with Crippen LogP contribution in [-0.2, 0) is 40.3 Å². The first kappa shape index (κ1) is 19.9. The van der Waals surface area contributed by atoms with Crippen molar-refractivity contribution in [2.75, 3.05) is 18.5 Å². The molecule has 0 aromatic heterocycles. The molecule has 4 aliphatic rings. The molecule has 30 heavy (non-hydrogen) atoms. The lowest BCUT2D eigenvalue weighted by molar-refractivity contribution is -0.0495. The van der Waals surface area contributed by atoms with Crippen LogP contribution in [0.25, 0.3) is 0 Å². The molecule has 2 aliphatic heterocycles. The highest BCUT2D eigenvalue weighted by Crippen LogP contribution is 2.39. The van der Waals surface area contributed by atoms with Gasteiger partial charge in [0, 0.05) is 11.9 Å². The Labute approximate surface area is 176 Å². The number of hydrazone groups is 1. The molecule has 0 spiro atoms. The van der Waals surface area contributed by atoms with E-state index in [0.717, 1.165) is 44.2 Å². The molecule has 0 saturated carbocycles. The number of carbonyl (C=O) groups excluding carboxylic acids is 1. The number of carbonyl (C=O) groups is 1. The first-order valence-corrected chi connectivity index (χ1v) is 12.1. The smallest absolute Gasteiger partial charge is 0.354 e. The number of ether oxygens (including phenoxy) is 1. The van der Waals surface area contributed by atoms with Crippen molar-refractivity contribution in [3.8, 4) is 0 Å². The second-order valence-electron chi connectivity index (χ2n) is 8.60. The Balaban J connectivity index is 1.44. The van der Waals surface area contributed by atoms with Crippen molar-refractivity contribution in [1.82, 2.24) is 5.01 Å². The minimum atomic E-state index is -3.49. The molecule has 1 aromatic rings. The molecular weight excluding hydrogens is 406 g/mol. The number of urea groups is 1. The second-order valence-corrected chi connectivity index (χ2v) is 10.5. The fourth-order valence-corrected chi connectivity index (χ4v) is 6.72. The number of nitrogens with two attached hydrogens (primary N) is 1. The third-order valence-electron chi connectivity index (χ3n) is 6.73. The molecule has 162 valence electrons. The number of aryl methyl sites for hydroxylation is 2. The first-order chi connectivity index (χ1) is 14.3. The van der Waals surface area contributed by atoms with E-state index in [1.807, 2.05) is 0 Å². The van der Waals surface area contributed by atoms with Gasteiger partial charge in [0.2, 0.25) is 0 Å². The van der Waals surface area contributed by atoms with E-state index >= 15 is 0 Å². The molecule has 1 aromatic carbocycles. The zero-order chi connectivity index (χ0) is 21.1. The Hall–Kier alpha value is -2.01. The number of benzene rings is 1. The number of nitrogens with one attached hydrogen (secondary N) is 1. The van der Waals surface area contributed by atoms with Crippen LogP contribution in [0.4, 0.5) is 10.5 Å². The van der Waals surface area contributed by atoms with Crippen molar-refractivity contribution in [2.24, 2.45) is 14.6 Å². The molecule has 5 rings (SSSR count). The molecule has 2 amide bonds. The number of amides is 2. The SMILES string of the molecule is CC12OC[C@H](CO)N1N=CC2S(N)(=O)=NC(=O)Nc1c2c(cc3c1CCC3)CCC2. The maximum absolute atomic E-state index is 13.3. The van der Waals surface area contributed by atoms with Gasteiger partial charge in [-0.3, -0.25) is 5.01 Å². The van der Waals surface area contributed by atoms with Gasteiger partial charge in [0.25, 0.3) is 0 Å². The van der Waals surface area contributed by atoms with Gasteiger partial charge in [-0.1, -0.05) is 6.07 Å². The highest BCUT2D eigenvalue weighted by molar-refractivity contribution is 7.93. The van der Waals surface area contributed by atoms with Gasteiger partial charge in [-0.15, -0.1) is 4.36 Å². The summed E-state index contributed by atoms with van der Waals surface area (Å²) in [5, 5.41) is 23.4. The van der Waals surface area contributed by atoms with Crippen molar-refractivity contribution in [1.29, 1.82) is 0 Å². The molecule has 4 atom stereocenters. The van der Waals surface area contributed by atoms with Crippen molar-refractivity contribution in [3.63, 3.8) is 0 Å². The summed E-state index contributed by atoms with van der Waals surface area (Å²) in [4.78, 5) is 12.8. The van der Waals surface area contributed by atoms with Crippen LogP contribution in [0.2, 0.25) is 0 Å². The zero-order valence-electron chi connectivity index (χ0n) is 17.0. The fourth-order valence-electron chi connectivity index (χ4n) is 5.27. The largest absolute Gasteiger partial charge is 0.394 e. The summed E-state index contributed by atoms with van der Waals surface area (Å²) < 4.78 is 23.0. The molecule has 0 bridgehead atoms. The normalized spacial score (nSPS) is 30.7. The van der Waals surface area contributed by atoms with Crippen molar-refractivity contribution >= 4 is 27.8 Å². The molecule has 4 N–H and O–H groups in total. The Kier molecular flexibility index (Phi) is 4.66. The monoisotopic (exact) mass is 433 g/mol. The molecule has 2 aliphatic carbocycles. The summed E-state index contributed by atoms with van der Waals surface area (Å²) in [7, 11) is -3.49. The van der Waals surface area contributed by atoms with Gasteiger partial charge in [0.05, 0.1) is 19.3 Å². The van der Waals surface area contributed by atoms with Crippen molar-refractivity contribution in [2.45, 2.75) is 62.5 Å². The van der Waals surface area contributed by atoms with E-state index in [9.17, 15) is 14.1 Å². The van der Waals surface area contributed by atoms with Gasteiger partial charge in [-0.05, 0) is 67.7 Å². The number of aliphatic hydroxyl groups excluding tert-OH is 1. The minimum absolute atomic E-state index is 0.146. The van der Waals surface area contributed by atoms with E-state index in [4.69, 9.17) is 9.88 Å². The summed E-state index contributed by atoms with van der Waals surface area (Å²) in [6, 6.07) is 1.24. The molecule has 10 heteroatoms. The number of anilines is 1. The quantitative estimate of drug-likeness (QED) is 0.662. The molecule has 1 fully saturated rings. The number of hydrogen-bond donors (Lipinski definition) is 3. The first-order valence-electron chi connectivity index (χ1n) is 10.4. The number of aliphatic hydroxyl groups is 1. The molecule has 0 radical (unpaired) electrons. The summed E-state index contributed by atoms with van der Waals surface area (Å²) in [5.41, 5.74) is 4.67. The van der Waals surface area contributed by atoms with Gasteiger partial charge >= 0.3 is 6.03 Å². The summed E-state index contributed by atoms with van der Waals surface area (Å²) in [5.74, 6) is 0. The van der Waals surface area contributed by atoms with Crippen LogP contribution in [0.1, 0.15) is 42.0 Å². The standard InChI is InChI=1S/C20H27N5O4S/c1-20-17(9-22-25(20)14(10-26)11-29-20)30(21,28)24-19(27)23-18-15-6-2-4-12(15)8-13-5-3-7-16(13)18/h8-9,14,17,26H,2-7,10-11H2,1H3,(H3,21,23,24,27,28)/t14-,17?,20?,30?/m0/s1. The van der Waals surface area contributed by atoms with Crippen LogP contribution in [0, 0.1) is 0 Å². The Bertz CT molecular complexity index is 1030. The van der Waals surface area contributed by atoms with Gasteiger partial charge in [-0.25, -0.2) is 14.1 Å². The Morgan fingerprint density at radius 2 is 2.03 bits per heavy atom. The highest BCUT2D eigenvalue weighted by atomic mass is 32.2. The summed E-state index contributed by atoms with van der Waals surface area (Å²) in [6.45, 7) is 1.80. The molecule has 9 nitrogen and oxygen atoms in total. The van der Waals surface area contributed by atoms with Gasteiger partial charge < -0.3 is 15.2 Å². The topological polar surface area (TPSA) is 130 Å². The van der Waals surface area contributed by atoms with Crippen LogP contribution < -0.4 is 10.5 Å². The Morgan fingerprint density at radius 3 is 2.67 bits per heavy atom. The van der Waals surface area contributed by atoms with Crippen molar-refractivity contribution < 1.29 is 18.8 Å². The lowest BCUT2D eigenvalue weighted by Gasteiger charge is -2.32. The second kappa shape index (κ2) is 7.01. The van der Waals surface area contributed by atoms with Gasteiger partial charge in [-0.2, -0.15) is 5.10 Å². The van der Waals surface area contributed by atoms with E-state index in [1.165, 1.54) is 28.5 Å². The predicted octanol–water partition coefficient (Wildman–Crippen LogP) is 1.31. The van der Waals surface area contributed by atoms with Crippen LogP contribution >= 0.6 is 0 Å². The van der Waals surface area contributed by atoms with Gasteiger partial charge in [0.1, 0.15) is 15.2 Å².